The van der Waals surface area contributed by atoms with E-state index in [2.05, 4.69) is 15.9 Å². The van der Waals surface area contributed by atoms with Crippen LogP contribution in [-0.4, -0.2) is 7.11 Å². The van der Waals surface area contributed by atoms with Crippen LogP contribution in [0.2, 0.25) is 0 Å². The SMILES string of the molecule is COc1cc(F)c(Br)cc1C(Cl)c1ccc(F)cc1. The lowest BCUT2D eigenvalue weighted by Crippen LogP contribution is -1.99. The molecule has 0 amide bonds. The Kier molecular flexibility index (Phi) is 4.42. The Morgan fingerprint density at radius 1 is 1.16 bits per heavy atom. The van der Waals surface area contributed by atoms with Gasteiger partial charge < -0.3 is 4.74 Å². The van der Waals surface area contributed by atoms with Gasteiger partial charge in [0, 0.05) is 11.6 Å². The first-order chi connectivity index (χ1) is 9.02. The second-order valence-corrected chi connectivity index (χ2v) is 5.21. The van der Waals surface area contributed by atoms with Crippen molar-refractivity contribution in [2.24, 2.45) is 0 Å². The van der Waals surface area contributed by atoms with Crippen LogP contribution in [0.5, 0.6) is 5.75 Å². The highest BCUT2D eigenvalue weighted by Crippen LogP contribution is 2.37. The molecule has 0 aromatic heterocycles. The smallest absolute Gasteiger partial charge is 0.141 e. The van der Waals surface area contributed by atoms with Gasteiger partial charge >= 0.3 is 0 Å². The molecule has 2 aromatic rings. The molecule has 0 N–H and O–H groups in total. The standard InChI is InChI=1S/C14H10BrClF2O/c1-19-13-7-12(18)11(15)6-10(13)14(16)8-2-4-9(17)5-3-8/h2-7,14H,1H3. The second kappa shape index (κ2) is 5.88. The Morgan fingerprint density at radius 3 is 2.37 bits per heavy atom. The number of hydrogen-bond donors (Lipinski definition) is 0. The van der Waals surface area contributed by atoms with Gasteiger partial charge in [-0.1, -0.05) is 12.1 Å². The number of halogens is 4. The van der Waals surface area contributed by atoms with E-state index in [4.69, 9.17) is 16.3 Å². The quantitative estimate of drug-likeness (QED) is 0.705. The minimum atomic E-state index is -0.549. The van der Waals surface area contributed by atoms with Gasteiger partial charge in [-0.3, -0.25) is 0 Å². The number of benzene rings is 2. The van der Waals surface area contributed by atoms with Crippen LogP contribution >= 0.6 is 27.5 Å². The van der Waals surface area contributed by atoms with Gasteiger partial charge in [0.15, 0.2) is 0 Å². The van der Waals surface area contributed by atoms with E-state index in [1.54, 1.807) is 18.2 Å². The number of alkyl halides is 1. The largest absolute Gasteiger partial charge is 0.496 e. The lowest BCUT2D eigenvalue weighted by atomic mass is 10.0. The molecule has 1 nitrogen and oxygen atoms in total. The first-order valence-electron chi connectivity index (χ1n) is 5.45. The summed E-state index contributed by atoms with van der Waals surface area (Å²) in [7, 11) is 1.44. The van der Waals surface area contributed by atoms with E-state index >= 15 is 0 Å². The highest BCUT2D eigenvalue weighted by atomic mass is 79.9. The van der Waals surface area contributed by atoms with Crippen molar-refractivity contribution >= 4 is 27.5 Å². The van der Waals surface area contributed by atoms with Crippen LogP contribution in [0.1, 0.15) is 16.5 Å². The van der Waals surface area contributed by atoms with E-state index < -0.39 is 11.2 Å². The average Bonchev–Trinajstić information content (AvgIpc) is 2.41. The molecule has 0 fully saturated rings. The van der Waals surface area contributed by atoms with Crippen LogP contribution in [0, 0.1) is 11.6 Å². The van der Waals surface area contributed by atoms with Gasteiger partial charge in [0.25, 0.3) is 0 Å². The van der Waals surface area contributed by atoms with E-state index in [-0.39, 0.29) is 5.82 Å². The first-order valence-corrected chi connectivity index (χ1v) is 6.68. The summed E-state index contributed by atoms with van der Waals surface area (Å²) in [4.78, 5) is 0. The van der Waals surface area contributed by atoms with Crippen molar-refractivity contribution in [1.82, 2.24) is 0 Å². The minimum Gasteiger partial charge on any atom is -0.496 e. The van der Waals surface area contributed by atoms with Crippen molar-refractivity contribution in [2.75, 3.05) is 7.11 Å². The molecule has 1 atom stereocenters. The molecule has 0 saturated carbocycles. The maximum Gasteiger partial charge on any atom is 0.141 e. The van der Waals surface area contributed by atoms with Gasteiger partial charge in [0.2, 0.25) is 0 Å². The summed E-state index contributed by atoms with van der Waals surface area (Å²) in [5, 5.41) is -0.549. The van der Waals surface area contributed by atoms with Crippen molar-refractivity contribution in [3.8, 4) is 5.75 Å². The predicted octanol–water partition coefficient (Wildman–Crippen LogP) is 5.06. The van der Waals surface area contributed by atoms with Crippen molar-refractivity contribution in [1.29, 1.82) is 0 Å². The lowest BCUT2D eigenvalue weighted by Gasteiger charge is -2.15. The molecule has 0 saturated heterocycles. The van der Waals surface area contributed by atoms with Crippen molar-refractivity contribution in [3.63, 3.8) is 0 Å². The molecule has 0 aliphatic heterocycles. The zero-order valence-corrected chi connectivity index (χ0v) is 12.3. The molecule has 0 aliphatic carbocycles. The Morgan fingerprint density at radius 2 is 1.79 bits per heavy atom. The Bertz CT molecular complexity index is 587. The summed E-state index contributed by atoms with van der Waals surface area (Å²) in [5.74, 6) is -0.409. The van der Waals surface area contributed by atoms with Gasteiger partial charge in [-0.2, -0.15) is 0 Å². The van der Waals surface area contributed by atoms with Gasteiger partial charge in [-0.05, 0) is 39.7 Å². The fraction of sp³-hybridized carbons (Fsp3) is 0.143. The monoisotopic (exact) mass is 346 g/mol. The third-order valence-corrected chi connectivity index (χ3v) is 3.80. The molecular formula is C14H10BrClF2O. The molecule has 0 radical (unpaired) electrons. The fourth-order valence-electron chi connectivity index (χ4n) is 1.73. The molecule has 19 heavy (non-hydrogen) atoms. The molecule has 0 spiro atoms. The van der Waals surface area contributed by atoms with E-state index in [9.17, 15) is 8.78 Å². The van der Waals surface area contributed by atoms with E-state index in [0.29, 0.717) is 21.3 Å². The molecule has 2 rings (SSSR count). The summed E-state index contributed by atoms with van der Waals surface area (Å²) in [6.07, 6.45) is 0. The molecule has 5 heteroatoms. The highest BCUT2D eigenvalue weighted by molar-refractivity contribution is 9.10. The van der Waals surface area contributed by atoms with Gasteiger partial charge in [-0.25, -0.2) is 8.78 Å². The highest BCUT2D eigenvalue weighted by Gasteiger charge is 2.18. The third kappa shape index (κ3) is 3.07. The molecule has 0 bridgehead atoms. The van der Waals surface area contributed by atoms with Gasteiger partial charge in [0.1, 0.15) is 17.4 Å². The Balaban J connectivity index is 2.45. The third-order valence-electron chi connectivity index (χ3n) is 2.71. The molecular weight excluding hydrogens is 338 g/mol. The fourth-order valence-corrected chi connectivity index (χ4v) is 2.41. The predicted molar refractivity (Wildman–Crippen MR) is 74.7 cm³/mol. The zero-order valence-electron chi connectivity index (χ0n) is 9.96. The van der Waals surface area contributed by atoms with E-state index in [1.807, 2.05) is 0 Å². The van der Waals surface area contributed by atoms with Crippen LogP contribution in [-0.2, 0) is 0 Å². The van der Waals surface area contributed by atoms with Gasteiger partial charge in [-0.15, -0.1) is 11.6 Å². The molecule has 0 aliphatic rings. The topological polar surface area (TPSA) is 9.23 Å². The summed E-state index contributed by atoms with van der Waals surface area (Å²) >= 11 is 9.46. The van der Waals surface area contributed by atoms with E-state index in [1.165, 1.54) is 25.3 Å². The summed E-state index contributed by atoms with van der Waals surface area (Å²) < 4.78 is 31.8. The number of methoxy groups -OCH3 is 1. The van der Waals surface area contributed by atoms with Crippen LogP contribution < -0.4 is 4.74 Å². The first kappa shape index (κ1) is 14.3. The zero-order chi connectivity index (χ0) is 14.0. The summed E-state index contributed by atoms with van der Waals surface area (Å²) in [6, 6.07) is 8.66. The number of hydrogen-bond acceptors (Lipinski definition) is 1. The molecule has 1 unspecified atom stereocenters. The van der Waals surface area contributed by atoms with Crippen LogP contribution in [0.3, 0.4) is 0 Å². The maximum atomic E-state index is 13.4. The molecule has 2 aromatic carbocycles. The average molecular weight is 348 g/mol. The lowest BCUT2D eigenvalue weighted by molar-refractivity contribution is 0.406. The van der Waals surface area contributed by atoms with Crippen LogP contribution in [0.4, 0.5) is 8.78 Å². The van der Waals surface area contributed by atoms with Crippen molar-refractivity contribution in [2.45, 2.75) is 5.38 Å². The van der Waals surface area contributed by atoms with Gasteiger partial charge in [0.05, 0.1) is 17.0 Å². The van der Waals surface area contributed by atoms with Crippen LogP contribution in [0.25, 0.3) is 0 Å². The maximum absolute atomic E-state index is 13.4. The van der Waals surface area contributed by atoms with Crippen molar-refractivity contribution in [3.05, 3.63) is 63.6 Å². The molecule has 0 heterocycles. The van der Waals surface area contributed by atoms with Crippen LogP contribution in [0.15, 0.2) is 40.9 Å². The Hall–Kier alpha value is -1.13. The Labute approximate surface area is 123 Å². The summed E-state index contributed by atoms with van der Waals surface area (Å²) in [6.45, 7) is 0. The summed E-state index contributed by atoms with van der Waals surface area (Å²) in [5.41, 5.74) is 1.32. The molecule has 100 valence electrons. The van der Waals surface area contributed by atoms with E-state index in [0.717, 1.165) is 0 Å². The second-order valence-electron chi connectivity index (χ2n) is 3.92. The minimum absolute atomic E-state index is 0.302. The normalized spacial score (nSPS) is 12.3. The van der Waals surface area contributed by atoms with Crippen molar-refractivity contribution < 1.29 is 13.5 Å². The number of rotatable bonds is 3. The number of ether oxygens (including phenoxy) is 1.